The van der Waals surface area contributed by atoms with Gasteiger partial charge in [-0.05, 0) is 215 Å². The van der Waals surface area contributed by atoms with Crippen molar-refractivity contribution in [3.05, 3.63) is 478 Å². The van der Waals surface area contributed by atoms with Gasteiger partial charge < -0.3 is 28.8 Å². The van der Waals surface area contributed by atoms with Gasteiger partial charge in [-0.1, -0.05) is 307 Å². The smallest absolute Gasteiger partial charge is 0.0541 e. The molecule has 3 heterocycles. The fraction of sp³-hybridized carbons (Fsp3) is 0. The number of hydrogen-bond donors (Lipinski definition) is 1. The third-order valence-corrected chi connectivity index (χ3v) is 21.6. The van der Waals surface area contributed by atoms with Crippen LogP contribution in [0.25, 0.3) is 116 Å². The van der Waals surface area contributed by atoms with E-state index in [0.29, 0.717) is 0 Å². The molecule has 0 amide bonds. The summed E-state index contributed by atoms with van der Waals surface area (Å²) in [7, 11) is 0. The largest absolute Gasteiger partial charge is 0.356 e. The molecule has 0 atom stereocenters. The first-order chi connectivity index (χ1) is 57.0. The van der Waals surface area contributed by atoms with Crippen molar-refractivity contribution in [3.8, 4) is 50.4 Å². The van der Waals surface area contributed by atoms with Crippen molar-refractivity contribution in [2.24, 2.45) is 0 Å². The Morgan fingerprint density at radius 3 is 0.635 bits per heavy atom. The third-order valence-electron chi connectivity index (χ3n) is 21.1. The second-order valence-corrected chi connectivity index (χ2v) is 29.1. The number of nitrogens with one attached hydrogen (secondary N) is 1. The van der Waals surface area contributed by atoms with E-state index in [1.807, 2.05) is 24.3 Å². The monoisotopic (exact) mass is 1540 g/mol. The average molecular weight is 1540 g/mol. The Labute approximate surface area is 679 Å². The van der Waals surface area contributed by atoms with Gasteiger partial charge in [0, 0.05) is 99.4 Å². The molecular formula is C108H79BrN6. The molecular weight excluding hydrogens is 1460 g/mol. The van der Waals surface area contributed by atoms with Crippen LogP contribution in [0.1, 0.15) is 0 Å². The highest BCUT2D eigenvalue weighted by Crippen LogP contribution is 2.42. The number of hydrogen-bond acceptors (Lipinski definition) is 3. The summed E-state index contributed by atoms with van der Waals surface area (Å²) < 4.78 is 8.16. The van der Waals surface area contributed by atoms with Crippen LogP contribution in [0.3, 0.4) is 0 Å². The fourth-order valence-corrected chi connectivity index (χ4v) is 15.9. The van der Waals surface area contributed by atoms with E-state index in [1.165, 1.54) is 104 Å². The molecule has 548 valence electrons. The Bertz CT molecular complexity index is 6360. The van der Waals surface area contributed by atoms with Gasteiger partial charge in [-0.2, -0.15) is 0 Å². The number of anilines is 8. The van der Waals surface area contributed by atoms with Crippen molar-refractivity contribution >= 4 is 127 Å². The SMILES string of the molecule is Brc1ccc(-c2ccccc2)cc1.c1ccc(-c2ccc(N(c3ccccc3)c3ccc(-n4c5ccccc5c5ccccc54)cc3)cc2)cc1.c1ccc(-c2ccc(N(c3ccccc3)c3ccc(-n4c5ccccc5c5ccccc54)cc3)cc2)cc1.c1ccc(Nc2ccc(-n3c4ccccc4c4ccccc43)cc2)cc1. The molecule has 0 aliphatic carbocycles. The van der Waals surface area contributed by atoms with Gasteiger partial charge in [-0.15, -0.1) is 0 Å². The van der Waals surface area contributed by atoms with Crippen molar-refractivity contribution in [2.45, 2.75) is 0 Å². The van der Waals surface area contributed by atoms with E-state index >= 15 is 0 Å². The second-order valence-electron chi connectivity index (χ2n) is 28.2. The van der Waals surface area contributed by atoms with Crippen LogP contribution in [0.15, 0.2) is 478 Å². The number of para-hydroxylation sites is 9. The minimum Gasteiger partial charge on any atom is -0.356 e. The summed E-state index contributed by atoms with van der Waals surface area (Å²) in [5, 5.41) is 11.1. The molecule has 0 aliphatic heterocycles. The van der Waals surface area contributed by atoms with E-state index in [0.717, 1.165) is 61.3 Å². The highest BCUT2D eigenvalue weighted by atomic mass is 79.9. The van der Waals surface area contributed by atoms with E-state index < -0.39 is 0 Å². The third kappa shape index (κ3) is 15.4. The fourth-order valence-electron chi connectivity index (χ4n) is 15.7. The first kappa shape index (κ1) is 71.8. The molecule has 115 heavy (non-hydrogen) atoms. The van der Waals surface area contributed by atoms with Crippen LogP contribution in [-0.2, 0) is 0 Å². The van der Waals surface area contributed by atoms with Crippen LogP contribution in [0.4, 0.5) is 45.5 Å². The topological polar surface area (TPSA) is 33.3 Å². The highest BCUT2D eigenvalue weighted by Gasteiger charge is 2.19. The highest BCUT2D eigenvalue weighted by molar-refractivity contribution is 9.10. The Kier molecular flexibility index (Phi) is 20.9. The summed E-state index contributed by atoms with van der Waals surface area (Å²) in [4.78, 5) is 4.62. The molecule has 0 saturated heterocycles. The zero-order valence-corrected chi connectivity index (χ0v) is 64.7. The summed E-state index contributed by atoms with van der Waals surface area (Å²) in [5.41, 5.74) is 27.1. The zero-order valence-electron chi connectivity index (χ0n) is 63.1. The van der Waals surface area contributed by atoms with Crippen molar-refractivity contribution in [1.82, 2.24) is 13.7 Å². The zero-order chi connectivity index (χ0) is 77.1. The van der Waals surface area contributed by atoms with Crippen molar-refractivity contribution in [1.29, 1.82) is 0 Å². The van der Waals surface area contributed by atoms with E-state index in [2.05, 4.69) is 494 Å². The molecule has 21 rings (SSSR count). The molecule has 18 aromatic carbocycles. The van der Waals surface area contributed by atoms with Gasteiger partial charge in [-0.25, -0.2) is 0 Å². The van der Waals surface area contributed by atoms with E-state index in [9.17, 15) is 0 Å². The van der Waals surface area contributed by atoms with Crippen LogP contribution in [0, 0.1) is 0 Å². The first-order valence-electron chi connectivity index (χ1n) is 38.9. The number of benzene rings is 18. The number of fused-ring (bicyclic) bond motifs is 9. The number of halogens is 1. The lowest BCUT2D eigenvalue weighted by atomic mass is 10.0. The molecule has 0 unspecified atom stereocenters. The lowest BCUT2D eigenvalue weighted by molar-refractivity contribution is 1.17. The normalized spacial score (nSPS) is 11.0. The van der Waals surface area contributed by atoms with Crippen LogP contribution < -0.4 is 15.1 Å². The predicted octanol–water partition coefficient (Wildman–Crippen LogP) is 30.5. The summed E-state index contributed by atoms with van der Waals surface area (Å²) in [5.74, 6) is 0. The molecule has 0 bridgehead atoms. The van der Waals surface area contributed by atoms with Gasteiger partial charge in [0.25, 0.3) is 0 Å². The summed E-state index contributed by atoms with van der Waals surface area (Å²) in [6, 6.07) is 167. The number of nitrogens with zero attached hydrogens (tertiary/aromatic N) is 5. The van der Waals surface area contributed by atoms with Crippen LogP contribution >= 0.6 is 15.9 Å². The van der Waals surface area contributed by atoms with E-state index in [4.69, 9.17) is 0 Å². The molecule has 0 spiro atoms. The Morgan fingerprint density at radius 2 is 0.357 bits per heavy atom. The molecule has 0 aliphatic rings. The van der Waals surface area contributed by atoms with Gasteiger partial charge in [0.15, 0.2) is 0 Å². The maximum Gasteiger partial charge on any atom is 0.0541 e. The Morgan fingerprint density at radius 1 is 0.165 bits per heavy atom. The van der Waals surface area contributed by atoms with Crippen LogP contribution in [0.2, 0.25) is 0 Å². The van der Waals surface area contributed by atoms with Gasteiger partial charge in [-0.3, -0.25) is 0 Å². The summed E-state index contributed by atoms with van der Waals surface area (Å²) in [6.07, 6.45) is 0. The molecule has 21 aromatic rings. The van der Waals surface area contributed by atoms with Gasteiger partial charge in [0.05, 0.1) is 33.1 Å². The summed E-state index contributed by atoms with van der Waals surface area (Å²) in [6.45, 7) is 0. The van der Waals surface area contributed by atoms with Gasteiger partial charge >= 0.3 is 0 Å². The molecule has 7 heteroatoms. The molecule has 0 saturated carbocycles. The van der Waals surface area contributed by atoms with Gasteiger partial charge in [0.2, 0.25) is 0 Å². The molecule has 6 nitrogen and oxygen atoms in total. The standard InChI is InChI=1S/2C36H26N2.C24H18N2.C12H9Br/c2*1-3-11-27(12-4-1)28-19-21-30(22-20-28)37(29-13-5-2-6-14-29)31-23-25-32(26-24-31)38-35-17-9-7-15-33(35)34-16-8-10-18-36(34)38;1-2-8-18(9-3-1)25-19-14-16-20(17-15-19)26-23-12-6-4-10-21(23)22-11-5-7-13-24(22)26;13-12-8-6-11(7-9-12)10-4-2-1-3-5-10/h2*1-26H;1-17,25H;1-9H. The first-order valence-corrected chi connectivity index (χ1v) is 39.7. The number of aromatic nitrogens is 3. The van der Waals surface area contributed by atoms with E-state index in [1.54, 1.807) is 0 Å². The molecule has 0 fully saturated rings. The summed E-state index contributed by atoms with van der Waals surface area (Å²) >= 11 is 3.42. The Balaban J connectivity index is 0.000000112. The predicted molar refractivity (Wildman–Crippen MR) is 492 cm³/mol. The van der Waals surface area contributed by atoms with Crippen LogP contribution in [0.5, 0.6) is 0 Å². The Hall–Kier alpha value is -14.8. The average Bonchev–Trinajstić information content (AvgIpc) is 1.62. The molecule has 3 aromatic heterocycles. The van der Waals surface area contributed by atoms with E-state index in [-0.39, 0.29) is 0 Å². The lowest BCUT2D eigenvalue weighted by Crippen LogP contribution is -2.10. The molecule has 1 N–H and O–H groups in total. The maximum absolute atomic E-state index is 3.44. The minimum absolute atomic E-state index is 1.08. The van der Waals surface area contributed by atoms with Gasteiger partial charge in [0.1, 0.15) is 0 Å². The molecule has 0 radical (unpaired) electrons. The van der Waals surface area contributed by atoms with Crippen molar-refractivity contribution < 1.29 is 0 Å². The quantitative estimate of drug-likeness (QED) is 0.118. The second kappa shape index (κ2) is 33.4. The van der Waals surface area contributed by atoms with Crippen molar-refractivity contribution in [3.63, 3.8) is 0 Å². The number of rotatable bonds is 14. The lowest BCUT2D eigenvalue weighted by Gasteiger charge is -2.26. The minimum atomic E-state index is 1.08. The van der Waals surface area contributed by atoms with Crippen molar-refractivity contribution in [2.75, 3.05) is 15.1 Å². The van der Waals surface area contributed by atoms with Crippen LogP contribution in [-0.4, -0.2) is 13.7 Å². The maximum atomic E-state index is 3.44.